The lowest BCUT2D eigenvalue weighted by molar-refractivity contribution is -0.137. The van der Waals surface area contributed by atoms with Crippen molar-refractivity contribution in [1.29, 1.82) is 0 Å². The van der Waals surface area contributed by atoms with Crippen molar-refractivity contribution in [2.45, 2.75) is 6.18 Å². The van der Waals surface area contributed by atoms with Crippen LogP contribution in [0.3, 0.4) is 0 Å². The topological polar surface area (TPSA) is 71.8 Å². The minimum Gasteiger partial charge on any atom is -0.355 e. The Balaban J connectivity index is 1.69. The van der Waals surface area contributed by atoms with Gasteiger partial charge in [0.25, 0.3) is 5.91 Å². The predicted octanol–water partition coefficient (Wildman–Crippen LogP) is 4.31. The molecule has 2 N–H and O–H groups in total. The Morgan fingerprint density at radius 1 is 1.11 bits per heavy atom. The van der Waals surface area contributed by atoms with Crippen molar-refractivity contribution in [1.82, 2.24) is 19.9 Å². The van der Waals surface area contributed by atoms with Crippen LogP contribution in [0.25, 0.3) is 21.3 Å². The largest absolute Gasteiger partial charge is 0.416 e. The summed E-state index contributed by atoms with van der Waals surface area (Å²) in [7, 11) is 3.35. The van der Waals surface area contributed by atoms with Gasteiger partial charge in [-0.1, -0.05) is 11.3 Å². The molecule has 0 aliphatic rings. The molecule has 6 nitrogen and oxygen atoms in total. The molecule has 0 bridgehead atoms. The summed E-state index contributed by atoms with van der Waals surface area (Å²) < 4.78 is 40.9. The van der Waals surface area contributed by atoms with E-state index in [1.807, 2.05) is 0 Å². The fraction of sp³-hybridized carbons (Fsp3) is 0.167. The normalized spacial score (nSPS) is 11.9. The van der Waals surface area contributed by atoms with E-state index >= 15 is 0 Å². The zero-order valence-corrected chi connectivity index (χ0v) is 15.6. The highest BCUT2D eigenvalue weighted by Gasteiger charge is 2.30. The van der Waals surface area contributed by atoms with Crippen LogP contribution in [0.15, 0.2) is 36.4 Å². The summed E-state index contributed by atoms with van der Waals surface area (Å²) in [5.74, 6) is 0.257. The lowest BCUT2D eigenvalue weighted by atomic mass is 10.2. The Bertz CT molecular complexity index is 1210. The van der Waals surface area contributed by atoms with Crippen molar-refractivity contribution in [3.05, 3.63) is 47.5 Å². The van der Waals surface area contributed by atoms with Gasteiger partial charge in [-0.05, 0) is 36.4 Å². The highest BCUT2D eigenvalue weighted by Crippen LogP contribution is 2.35. The number of carbonyl (C=O) groups excluding carboxylic acids is 1. The zero-order chi connectivity index (χ0) is 20.1. The second-order valence-corrected chi connectivity index (χ2v) is 7.13. The second-order valence-electron chi connectivity index (χ2n) is 6.10. The average Bonchev–Trinajstić information content (AvgIpc) is 3.20. The molecule has 2 heterocycles. The molecule has 1 amide bonds. The average molecular weight is 405 g/mol. The Hall–Kier alpha value is -3.14. The summed E-state index contributed by atoms with van der Waals surface area (Å²) in [6.07, 6.45) is -4.40. The summed E-state index contributed by atoms with van der Waals surface area (Å²) in [4.78, 5) is 20.6. The van der Waals surface area contributed by atoms with Gasteiger partial charge in [-0.15, -0.1) is 0 Å². The highest BCUT2D eigenvalue weighted by atomic mass is 32.1. The molecule has 4 aromatic rings. The quantitative estimate of drug-likeness (QED) is 0.533. The minimum absolute atomic E-state index is 0.214. The Kier molecular flexibility index (Phi) is 4.22. The van der Waals surface area contributed by atoms with E-state index in [9.17, 15) is 18.0 Å². The second kappa shape index (κ2) is 6.48. The number of hydrogen-bond acceptors (Lipinski definition) is 5. The van der Waals surface area contributed by atoms with Gasteiger partial charge in [-0.2, -0.15) is 13.2 Å². The summed E-state index contributed by atoms with van der Waals surface area (Å²) in [5, 5.41) is 6.04. The molecule has 0 atom stereocenters. The maximum atomic E-state index is 12.9. The SMILES string of the molecule is CNC(=O)c1ccc2c(c1)nc(Nc1nc3ccc(C(F)(F)F)cc3s1)n2C. The number of aryl methyl sites for hydroxylation is 1. The van der Waals surface area contributed by atoms with Crippen molar-refractivity contribution in [2.24, 2.45) is 7.05 Å². The third-order valence-electron chi connectivity index (χ3n) is 4.30. The molecule has 28 heavy (non-hydrogen) atoms. The maximum Gasteiger partial charge on any atom is 0.416 e. The van der Waals surface area contributed by atoms with Crippen LogP contribution < -0.4 is 10.6 Å². The Labute approximate surface area is 161 Å². The number of nitrogens with zero attached hydrogens (tertiary/aromatic N) is 3. The number of hydrogen-bond donors (Lipinski definition) is 2. The highest BCUT2D eigenvalue weighted by molar-refractivity contribution is 7.22. The van der Waals surface area contributed by atoms with E-state index in [1.165, 1.54) is 6.07 Å². The molecule has 0 unspecified atom stereocenters. The summed E-state index contributed by atoms with van der Waals surface area (Å²) >= 11 is 1.11. The monoisotopic (exact) mass is 405 g/mol. The van der Waals surface area contributed by atoms with Crippen molar-refractivity contribution >= 4 is 49.6 Å². The van der Waals surface area contributed by atoms with E-state index in [-0.39, 0.29) is 5.91 Å². The number of rotatable bonds is 3. The molecule has 4 rings (SSSR count). The number of halogens is 3. The zero-order valence-electron chi connectivity index (χ0n) is 14.8. The molecule has 0 saturated carbocycles. The van der Waals surface area contributed by atoms with Crippen LogP contribution in [0.5, 0.6) is 0 Å². The van der Waals surface area contributed by atoms with Crippen molar-refractivity contribution < 1.29 is 18.0 Å². The maximum absolute atomic E-state index is 12.9. The van der Waals surface area contributed by atoms with Crippen LogP contribution in [-0.2, 0) is 13.2 Å². The number of amides is 1. The number of benzene rings is 2. The van der Waals surface area contributed by atoms with Gasteiger partial charge in [0.2, 0.25) is 5.95 Å². The van der Waals surface area contributed by atoms with E-state index in [4.69, 9.17) is 0 Å². The first kappa shape index (κ1) is 18.2. The van der Waals surface area contributed by atoms with E-state index in [0.717, 1.165) is 29.0 Å². The van der Waals surface area contributed by atoms with Crippen LogP contribution in [-0.4, -0.2) is 27.5 Å². The number of nitrogens with one attached hydrogen (secondary N) is 2. The summed E-state index contributed by atoms with van der Waals surface area (Å²) in [5.41, 5.74) is 1.67. The lowest BCUT2D eigenvalue weighted by Gasteiger charge is -2.04. The molecule has 0 radical (unpaired) electrons. The molecule has 10 heteroatoms. The van der Waals surface area contributed by atoms with Gasteiger partial charge in [0, 0.05) is 19.7 Å². The van der Waals surface area contributed by atoms with E-state index in [1.54, 1.807) is 36.9 Å². The summed E-state index contributed by atoms with van der Waals surface area (Å²) in [6, 6.07) is 8.61. The molecular weight excluding hydrogens is 391 g/mol. The molecule has 0 spiro atoms. The lowest BCUT2D eigenvalue weighted by Crippen LogP contribution is -2.17. The molecule has 2 aromatic heterocycles. The van der Waals surface area contributed by atoms with Crippen molar-refractivity contribution in [2.75, 3.05) is 12.4 Å². The van der Waals surface area contributed by atoms with Crippen molar-refractivity contribution in [3.63, 3.8) is 0 Å². The van der Waals surface area contributed by atoms with E-state index < -0.39 is 11.7 Å². The van der Waals surface area contributed by atoms with E-state index in [2.05, 4.69) is 20.6 Å². The van der Waals surface area contributed by atoms with Gasteiger partial charge in [0.05, 0.1) is 26.8 Å². The van der Waals surface area contributed by atoms with Gasteiger partial charge in [0.1, 0.15) is 0 Å². The Morgan fingerprint density at radius 3 is 2.61 bits per heavy atom. The molecule has 144 valence electrons. The molecule has 0 aliphatic carbocycles. The van der Waals surface area contributed by atoms with Gasteiger partial charge in [-0.25, -0.2) is 9.97 Å². The minimum atomic E-state index is -4.40. The van der Waals surface area contributed by atoms with E-state index in [0.29, 0.717) is 32.4 Å². The number of aromatic nitrogens is 3. The standard InChI is InChI=1S/C18H14F3N5OS/c1-22-15(27)9-3-6-13-12(7-9)23-16(26(13)2)25-17-24-11-5-4-10(18(19,20)21)8-14(11)28-17/h3-8H,1-2H3,(H,22,27)(H,23,24,25). The Morgan fingerprint density at radius 2 is 1.89 bits per heavy atom. The third kappa shape index (κ3) is 3.15. The number of fused-ring (bicyclic) bond motifs is 2. The predicted molar refractivity (Wildman–Crippen MR) is 102 cm³/mol. The molecule has 0 saturated heterocycles. The summed E-state index contributed by atoms with van der Waals surface area (Å²) in [6.45, 7) is 0. The number of carbonyl (C=O) groups is 1. The molecule has 0 aliphatic heterocycles. The molecule has 2 aromatic carbocycles. The molecule has 0 fully saturated rings. The first-order valence-electron chi connectivity index (χ1n) is 8.19. The first-order valence-corrected chi connectivity index (χ1v) is 9.01. The third-order valence-corrected chi connectivity index (χ3v) is 5.24. The number of anilines is 2. The van der Waals surface area contributed by atoms with Crippen molar-refractivity contribution in [3.8, 4) is 0 Å². The fourth-order valence-corrected chi connectivity index (χ4v) is 3.75. The number of alkyl halides is 3. The van der Waals surface area contributed by atoms with Crippen LogP contribution in [0.1, 0.15) is 15.9 Å². The first-order chi connectivity index (χ1) is 13.3. The number of imidazole rings is 1. The molecular formula is C18H14F3N5OS. The van der Waals surface area contributed by atoms with Crippen LogP contribution in [0.2, 0.25) is 0 Å². The van der Waals surface area contributed by atoms with Crippen LogP contribution >= 0.6 is 11.3 Å². The van der Waals surface area contributed by atoms with Gasteiger partial charge < -0.3 is 15.2 Å². The van der Waals surface area contributed by atoms with Crippen LogP contribution in [0.4, 0.5) is 24.3 Å². The smallest absolute Gasteiger partial charge is 0.355 e. The van der Waals surface area contributed by atoms with Gasteiger partial charge in [0.15, 0.2) is 5.13 Å². The van der Waals surface area contributed by atoms with Crippen LogP contribution in [0, 0.1) is 0 Å². The van der Waals surface area contributed by atoms with Gasteiger partial charge >= 0.3 is 6.18 Å². The fourth-order valence-electron chi connectivity index (χ4n) is 2.85. The van der Waals surface area contributed by atoms with Gasteiger partial charge in [-0.3, -0.25) is 4.79 Å². The number of thiazole rings is 1.